The number of imide groups is 1. The molecule has 2 saturated heterocycles. The molecular weight excluding hydrogens is 400 g/mol. The molecule has 3 atom stereocenters. The van der Waals surface area contributed by atoms with Gasteiger partial charge in [-0.3, -0.25) is 14.4 Å². The number of fused-ring (bicyclic) bond motifs is 1. The maximum Gasteiger partial charge on any atom is 0.266 e. The van der Waals surface area contributed by atoms with Crippen molar-refractivity contribution in [2.45, 2.75) is 19.1 Å². The van der Waals surface area contributed by atoms with Crippen LogP contribution in [0, 0.1) is 12.8 Å². The number of nitrogens with zero attached hydrogens (tertiary/aromatic N) is 2. The first kappa shape index (κ1) is 18.9. The highest BCUT2D eigenvalue weighted by Gasteiger charge is 2.60. The lowest BCUT2D eigenvalue weighted by atomic mass is 9.90. The molecule has 6 heteroatoms. The Morgan fingerprint density at radius 3 is 2.30 bits per heavy atom. The molecule has 30 heavy (non-hydrogen) atoms. The van der Waals surface area contributed by atoms with E-state index in [1.165, 1.54) is 4.90 Å². The highest BCUT2D eigenvalue weighted by molar-refractivity contribution is 6.30. The van der Waals surface area contributed by atoms with Crippen molar-refractivity contribution < 1.29 is 14.4 Å². The second kappa shape index (κ2) is 7.27. The Bertz CT molecular complexity index is 1130. The monoisotopic (exact) mass is 418 g/mol. The fraction of sp³-hybridized carbons (Fsp3) is 0.167. The molecule has 0 spiro atoms. The molecule has 0 unspecified atom stereocenters. The number of hydrogen-bond acceptors (Lipinski definition) is 4. The summed E-state index contributed by atoms with van der Waals surface area (Å²) >= 11 is 6.25. The molecule has 2 aliphatic rings. The number of carbonyl (C=O) groups is 2. The van der Waals surface area contributed by atoms with E-state index in [-0.39, 0.29) is 11.8 Å². The number of carbonyl (C=O) groups excluding carboxylic acids is 2. The van der Waals surface area contributed by atoms with Crippen molar-refractivity contribution in [2.75, 3.05) is 9.96 Å². The second-order valence-corrected chi connectivity index (χ2v) is 8.00. The minimum Gasteiger partial charge on any atom is -0.273 e. The maximum absolute atomic E-state index is 13.5. The predicted molar refractivity (Wildman–Crippen MR) is 115 cm³/mol. The second-order valence-electron chi connectivity index (χ2n) is 7.56. The summed E-state index contributed by atoms with van der Waals surface area (Å²) in [6.07, 6.45) is -0.887. The molecule has 3 aromatic rings. The van der Waals surface area contributed by atoms with Gasteiger partial charge in [0.05, 0.1) is 17.4 Å². The average molecular weight is 419 g/mol. The number of rotatable bonds is 3. The molecule has 0 saturated carbocycles. The number of benzene rings is 3. The first-order chi connectivity index (χ1) is 14.5. The third-order valence-corrected chi connectivity index (χ3v) is 5.81. The molecule has 0 bridgehead atoms. The molecule has 2 heterocycles. The van der Waals surface area contributed by atoms with Gasteiger partial charge >= 0.3 is 0 Å². The van der Waals surface area contributed by atoms with E-state index in [1.54, 1.807) is 17.2 Å². The first-order valence-corrected chi connectivity index (χ1v) is 10.1. The van der Waals surface area contributed by atoms with E-state index in [1.807, 2.05) is 73.7 Å². The van der Waals surface area contributed by atoms with Crippen molar-refractivity contribution in [1.82, 2.24) is 0 Å². The molecule has 5 nitrogen and oxygen atoms in total. The van der Waals surface area contributed by atoms with Gasteiger partial charge in [0.25, 0.3) is 5.91 Å². The SMILES string of the molecule is Cc1cccc(N2C(=O)[C@@H]3[C@H](ON(c4ccccc4)[C@@H]3c3cccc(Cl)c3)C2=O)c1. The van der Waals surface area contributed by atoms with Crippen LogP contribution in [0.15, 0.2) is 78.9 Å². The third-order valence-electron chi connectivity index (χ3n) is 5.58. The largest absolute Gasteiger partial charge is 0.273 e. The van der Waals surface area contributed by atoms with Crippen LogP contribution in [0.2, 0.25) is 5.02 Å². The lowest BCUT2D eigenvalue weighted by Gasteiger charge is -2.28. The highest BCUT2D eigenvalue weighted by atomic mass is 35.5. The van der Waals surface area contributed by atoms with Crippen LogP contribution >= 0.6 is 11.6 Å². The predicted octanol–water partition coefficient (Wildman–Crippen LogP) is 4.70. The lowest BCUT2D eigenvalue weighted by Crippen LogP contribution is -2.37. The van der Waals surface area contributed by atoms with Crippen LogP contribution in [0.3, 0.4) is 0 Å². The fourth-order valence-corrected chi connectivity index (χ4v) is 4.46. The number of aryl methyl sites for hydroxylation is 1. The fourth-order valence-electron chi connectivity index (χ4n) is 4.26. The molecule has 2 fully saturated rings. The maximum atomic E-state index is 13.5. The van der Waals surface area contributed by atoms with Crippen LogP contribution in [0.25, 0.3) is 0 Å². The van der Waals surface area contributed by atoms with E-state index in [9.17, 15) is 9.59 Å². The van der Waals surface area contributed by atoms with Gasteiger partial charge in [-0.2, -0.15) is 0 Å². The van der Waals surface area contributed by atoms with Crippen LogP contribution in [-0.4, -0.2) is 17.9 Å². The number of halogens is 1. The van der Waals surface area contributed by atoms with Crippen molar-refractivity contribution in [3.8, 4) is 0 Å². The molecule has 2 amide bonds. The van der Waals surface area contributed by atoms with Gasteiger partial charge in [0.2, 0.25) is 5.91 Å². The summed E-state index contributed by atoms with van der Waals surface area (Å²) in [6.45, 7) is 1.93. The van der Waals surface area contributed by atoms with E-state index in [0.29, 0.717) is 10.7 Å². The number of amides is 2. The standard InChI is InChI=1S/C24H19ClN2O3/c1-15-7-5-12-19(13-15)26-23(28)20-21(16-8-6-9-17(25)14-16)27(30-22(20)24(26)29)18-10-3-2-4-11-18/h2-14,20-22H,1H3/t20-,21+,22-/m0/s1. The summed E-state index contributed by atoms with van der Waals surface area (Å²) in [4.78, 5) is 34.2. The summed E-state index contributed by atoms with van der Waals surface area (Å²) in [6, 6.07) is 23.7. The summed E-state index contributed by atoms with van der Waals surface area (Å²) in [7, 11) is 0. The van der Waals surface area contributed by atoms with Crippen LogP contribution in [-0.2, 0) is 14.4 Å². The Morgan fingerprint density at radius 1 is 0.833 bits per heavy atom. The Labute approximate surface area is 179 Å². The molecule has 2 aliphatic heterocycles. The normalized spacial score (nSPS) is 23.2. The third kappa shape index (κ3) is 2.98. The van der Waals surface area contributed by atoms with Crippen molar-refractivity contribution in [3.63, 3.8) is 0 Å². The zero-order valence-electron chi connectivity index (χ0n) is 16.2. The van der Waals surface area contributed by atoms with E-state index in [0.717, 1.165) is 16.8 Å². The number of hydrogen-bond donors (Lipinski definition) is 0. The number of hydroxylamine groups is 1. The van der Waals surface area contributed by atoms with Crippen molar-refractivity contribution in [2.24, 2.45) is 5.92 Å². The van der Waals surface area contributed by atoms with E-state index in [4.69, 9.17) is 16.4 Å². The zero-order valence-corrected chi connectivity index (χ0v) is 17.0. The molecule has 0 aromatic heterocycles. The van der Waals surface area contributed by atoms with Crippen molar-refractivity contribution in [1.29, 1.82) is 0 Å². The molecule has 3 aromatic carbocycles. The van der Waals surface area contributed by atoms with Crippen molar-refractivity contribution >= 4 is 34.8 Å². The Morgan fingerprint density at radius 2 is 1.57 bits per heavy atom. The minimum atomic E-state index is -0.887. The van der Waals surface area contributed by atoms with Crippen LogP contribution in [0.4, 0.5) is 11.4 Å². The molecular formula is C24H19ClN2O3. The van der Waals surface area contributed by atoms with Gasteiger partial charge < -0.3 is 0 Å². The first-order valence-electron chi connectivity index (χ1n) is 9.75. The Kier molecular flexibility index (Phi) is 4.57. The Balaban J connectivity index is 1.60. The molecule has 150 valence electrons. The van der Waals surface area contributed by atoms with Crippen LogP contribution in [0.5, 0.6) is 0 Å². The Hall–Kier alpha value is -3.15. The molecule has 0 aliphatic carbocycles. The number of anilines is 2. The highest BCUT2D eigenvalue weighted by Crippen LogP contribution is 2.47. The van der Waals surface area contributed by atoms with E-state index < -0.39 is 18.1 Å². The topological polar surface area (TPSA) is 49.9 Å². The van der Waals surface area contributed by atoms with Gasteiger partial charge in [0.1, 0.15) is 5.92 Å². The summed E-state index contributed by atoms with van der Waals surface area (Å²) in [5.41, 5.74) is 3.15. The van der Waals surface area contributed by atoms with Gasteiger partial charge in [-0.05, 0) is 54.4 Å². The van der Waals surface area contributed by atoms with Gasteiger partial charge in [-0.15, -0.1) is 0 Å². The van der Waals surface area contributed by atoms with E-state index >= 15 is 0 Å². The van der Waals surface area contributed by atoms with Gasteiger partial charge in [0.15, 0.2) is 6.10 Å². The minimum absolute atomic E-state index is 0.265. The van der Waals surface area contributed by atoms with Crippen LogP contribution < -0.4 is 9.96 Å². The molecule has 0 radical (unpaired) electrons. The lowest BCUT2D eigenvalue weighted by molar-refractivity contribution is -0.126. The van der Waals surface area contributed by atoms with Gasteiger partial charge in [-0.25, -0.2) is 9.96 Å². The smallest absolute Gasteiger partial charge is 0.266 e. The molecule has 0 N–H and O–H groups in total. The van der Waals surface area contributed by atoms with Gasteiger partial charge in [-0.1, -0.05) is 54.1 Å². The van der Waals surface area contributed by atoms with Gasteiger partial charge in [0, 0.05) is 5.02 Å². The summed E-state index contributed by atoms with van der Waals surface area (Å²) in [5.74, 6) is -1.28. The summed E-state index contributed by atoms with van der Waals surface area (Å²) < 4.78 is 0. The van der Waals surface area contributed by atoms with Crippen LogP contribution in [0.1, 0.15) is 17.2 Å². The summed E-state index contributed by atoms with van der Waals surface area (Å²) in [5, 5.41) is 2.24. The van der Waals surface area contributed by atoms with Crippen molar-refractivity contribution in [3.05, 3.63) is 95.0 Å². The number of para-hydroxylation sites is 1. The molecule has 5 rings (SSSR count). The quantitative estimate of drug-likeness (QED) is 0.578. The zero-order chi connectivity index (χ0) is 20.8. The average Bonchev–Trinajstić information content (AvgIpc) is 3.25. The van der Waals surface area contributed by atoms with E-state index in [2.05, 4.69) is 0 Å².